The average molecular weight is 535 g/mol. The maximum Gasteiger partial charge on any atom is 0.330 e. The van der Waals surface area contributed by atoms with Gasteiger partial charge in [-0.1, -0.05) is 24.3 Å². The predicted molar refractivity (Wildman–Crippen MR) is 159 cm³/mol. The second-order valence-corrected chi connectivity index (χ2v) is 9.74. The van der Waals surface area contributed by atoms with Crippen molar-refractivity contribution >= 4 is 40.0 Å². The van der Waals surface area contributed by atoms with Crippen LogP contribution in [0.3, 0.4) is 0 Å². The molecule has 202 valence electrons. The predicted octanol–water partition coefficient (Wildman–Crippen LogP) is 7.03. The minimum absolute atomic E-state index is 0.139. The molecule has 1 aliphatic rings. The van der Waals surface area contributed by atoms with Crippen molar-refractivity contribution in [2.75, 3.05) is 22.1 Å². The summed E-state index contributed by atoms with van der Waals surface area (Å²) in [5.74, 6) is 0.430. The molecular formula is C32H30N4O4. The molecular weight excluding hydrogens is 504 g/mol. The van der Waals surface area contributed by atoms with Crippen LogP contribution in [0, 0.1) is 13.8 Å². The van der Waals surface area contributed by atoms with Gasteiger partial charge in [-0.05, 0) is 104 Å². The second kappa shape index (κ2) is 11.2. The third-order valence-electron chi connectivity index (χ3n) is 6.64. The van der Waals surface area contributed by atoms with Crippen LogP contribution in [0.4, 0.5) is 26.7 Å². The molecule has 5 aromatic rings. The zero-order valence-corrected chi connectivity index (χ0v) is 22.3. The molecule has 0 radical (unpaired) electrons. The number of phenolic OH excluding ortho intramolecular Hbond substituents is 2. The Morgan fingerprint density at radius 1 is 0.725 bits per heavy atom. The molecule has 0 unspecified atom stereocenters. The molecule has 0 saturated heterocycles. The van der Waals surface area contributed by atoms with E-state index >= 15 is 0 Å². The number of aryl methyl sites for hydroxylation is 2. The Labute approximate surface area is 232 Å². The number of amides is 3. The highest BCUT2D eigenvalue weighted by atomic mass is 16.3. The zero-order valence-electron chi connectivity index (χ0n) is 22.3. The van der Waals surface area contributed by atoms with Gasteiger partial charge in [0.05, 0.1) is 5.52 Å². The van der Waals surface area contributed by atoms with Crippen molar-refractivity contribution in [3.05, 3.63) is 114 Å². The molecule has 1 aromatic heterocycles. The smallest absolute Gasteiger partial charge is 0.330 e. The van der Waals surface area contributed by atoms with Crippen LogP contribution >= 0.6 is 0 Å². The number of hydrogen-bond donors (Lipinski definition) is 4. The number of anilines is 3. The molecule has 8 heteroatoms. The molecule has 0 fully saturated rings. The van der Waals surface area contributed by atoms with Gasteiger partial charge in [-0.3, -0.25) is 9.47 Å². The topological polar surface area (TPSA) is 107 Å². The molecule has 2 heterocycles. The highest BCUT2D eigenvalue weighted by Gasteiger charge is 2.24. The number of nitrogens with zero attached hydrogens (tertiary/aromatic N) is 2. The van der Waals surface area contributed by atoms with Crippen LogP contribution in [-0.2, 0) is 6.42 Å². The minimum atomic E-state index is -0.226. The SMILES string of the molecule is Cc1cccc(NC(=O)N2CCc3cc(O)ccc32)c1.Cc1cccc(NC(=O)n2ccc3cc(O)ccc32)c1. The number of urea groups is 1. The number of benzene rings is 4. The third kappa shape index (κ3) is 5.91. The van der Waals surface area contributed by atoms with Gasteiger partial charge in [-0.2, -0.15) is 0 Å². The Bertz CT molecular complexity index is 1710. The molecule has 8 nitrogen and oxygen atoms in total. The van der Waals surface area contributed by atoms with E-state index in [9.17, 15) is 19.8 Å². The van der Waals surface area contributed by atoms with E-state index in [1.165, 1.54) is 4.57 Å². The number of fused-ring (bicyclic) bond motifs is 2. The van der Waals surface area contributed by atoms with Crippen molar-refractivity contribution < 1.29 is 19.8 Å². The molecule has 6 rings (SSSR count). The normalized spacial score (nSPS) is 11.9. The van der Waals surface area contributed by atoms with Crippen molar-refractivity contribution in [2.45, 2.75) is 20.3 Å². The number of carbonyl (C=O) groups excluding carboxylic acids is 2. The van der Waals surface area contributed by atoms with Gasteiger partial charge in [0.25, 0.3) is 0 Å². The van der Waals surface area contributed by atoms with Crippen LogP contribution in [-0.4, -0.2) is 33.4 Å². The van der Waals surface area contributed by atoms with Crippen molar-refractivity contribution in [1.82, 2.24) is 4.57 Å². The molecule has 3 amide bonds. The highest BCUT2D eigenvalue weighted by Crippen LogP contribution is 2.31. The number of aromatic nitrogens is 1. The fourth-order valence-electron chi connectivity index (χ4n) is 4.73. The summed E-state index contributed by atoms with van der Waals surface area (Å²) in [6, 6.07) is 26.8. The Hall–Kier alpha value is -5.24. The van der Waals surface area contributed by atoms with Gasteiger partial charge >= 0.3 is 12.1 Å². The molecule has 0 bridgehead atoms. The van der Waals surface area contributed by atoms with Crippen molar-refractivity contribution in [1.29, 1.82) is 0 Å². The quantitative estimate of drug-likeness (QED) is 0.195. The van der Waals surface area contributed by atoms with Gasteiger partial charge in [-0.25, -0.2) is 9.59 Å². The number of phenols is 2. The molecule has 0 saturated carbocycles. The Morgan fingerprint density at radius 3 is 2.02 bits per heavy atom. The fourth-order valence-corrected chi connectivity index (χ4v) is 4.73. The summed E-state index contributed by atoms with van der Waals surface area (Å²) < 4.78 is 1.52. The number of nitrogens with one attached hydrogen (secondary N) is 2. The van der Waals surface area contributed by atoms with E-state index in [0.717, 1.165) is 51.1 Å². The minimum Gasteiger partial charge on any atom is -0.508 e. The lowest BCUT2D eigenvalue weighted by Crippen LogP contribution is -2.33. The van der Waals surface area contributed by atoms with E-state index < -0.39 is 0 Å². The fraction of sp³-hybridized carbons (Fsp3) is 0.125. The van der Waals surface area contributed by atoms with Gasteiger partial charge in [0.1, 0.15) is 11.5 Å². The lowest BCUT2D eigenvalue weighted by Gasteiger charge is -2.18. The number of carbonyl (C=O) groups is 2. The first-order valence-corrected chi connectivity index (χ1v) is 12.9. The number of rotatable bonds is 2. The van der Waals surface area contributed by atoms with Gasteiger partial charge in [-0.15, -0.1) is 0 Å². The second-order valence-electron chi connectivity index (χ2n) is 9.74. The lowest BCUT2D eigenvalue weighted by atomic mass is 10.1. The van der Waals surface area contributed by atoms with Crippen LogP contribution in [0.15, 0.2) is 97.2 Å². The maximum atomic E-state index is 12.3. The average Bonchev–Trinajstić information content (AvgIpc) is 3.53. The monoisotopic (exact) mass is 534 g/mol. The molecule has 4 aromatic carbocycles. The van der Waals surface area contributed by atoms with E-state index in [0.29, 0.717) is 6.54 Å². The van der Waals surface area contributed by atoms with E-state index in [-0.39, 0.29) is 23.6 Å². The van der Waals surface area contributed by atoms with Crippen LogP contribution in [0.25, 0.3) is 10.9 Å². The third-order valence-corrected chi connectivity index (χ3v) is 6.64. The largest absolute Gasteiger partial charge is 0.508 e. The number of aromatic hydroxyl groups is 2. The van der Waals surface area contributed by atoms with Crippen molar-refractivity contribution in [3.63, 3.8) is 0 Å². The summed E-state index contributed by atoms with van der Waals surface area (Å²) in [5.41, 5.74) is 6.38. The van der Waals surface area contributed by atoms with E-state index in [4.69, 9.17) is 0 Å². The Kier molecular flexibility index (Phi) is 7.41. The molecule has 40 heavy (non-hydrogen) atoms. The van der Waals surface area contributed by atoms with Crippen molar-refractivity contribution in [2.24, 2.45) is 0 Å². The summed E-state index contributed by atoms with van der Waals surface area (Å²) in [6.45, 7) is 4.60. The first-order valence-electron chi connectivity index (χ1n) is 12.9. The van der Waals surface area contributed by atoms with E-state index in [2.05, 4.69) is 10.6 Å². The molecule has 1 aliphatic heterocycles. The first kappa shape index (κ1) is 26.4. The highest BCUT2D eigenvalue weighted by molar-refractivity contribution is 6.03. The van der Waals surface area contributed by atoms with Gasteiger partial charge in [0, 0.05) is 35.2 Å². The number of hydrogen-bond acceptors (Lipinski definition) is 4. The van der Waals surface area contributed by atoms with Crippen LogP contribution < -0.4 is 15.5 Å². The summed E-state index contributed by atoms with van der Waals surface area (Å²) in [7, 11) is 0. The lowest BCUT2D eigenvalue weighted by molar-refractivity contribution is 0.254. The van der Waals surface area contributed by atoms with Crippen LogP contribution in [0.2, 0.25) is 0 Å². The zero-order chi connectivity index (χ0) is 28.2. The van der Waals surface area contributed by atoms with E-state index in [1.54, 1.807) is 53.6 Å². The molecule has 0 atom stereocenters. The first-order chi connectivity index (χ1) is 19.3. The standard InChI is InChI=1S/C16H16N2O2.C16H14N2O2/c2*1-11-3-2-4-13(9-11)17-16(20)18-8-7-12-10-14(19)5-6-15(12)18/h2-6,9-10,19H,7-8H2,1H3,(H,17,20);2-10,19H,1H3,(H,17,20). The van der Waals surface area contributed by atoms with Crippen LogP contribution in [0.5, 0.6) is 11.5 Å². The molecule has 4 N–H and O–H groups in total. The molecule has 0 aliphatic carbocycles. The Balaban J connectivity index is 0.000000161. The van der Waals surface area contributed by atoms with Gasteiger partial charge in [0.2, 0.25) is 0 Å². The van der Waals surface area contributed by atoms with Gasteiger partial charge in [0.15, 0.2) is 0 Å². The summed E-state index contributed by atoms with van der Waals surface area (Å²) >= 11 is 0. The van der Waals surface area contributed by atoms with Gasteiger partial charge < -0.3 is 20.8 Å². The van der Waals surface area contributed by atoms with Crippen molar-refractivity contribution in [3.8, 4) is 11.5 Å². The summed E-state index contributed by atoms with van der Waals surface area (Å²) in [6.07, 6.45) is 2.46. The summed E-state index contributed by atoms with van der Waals surface area (Å²) in [5, 5.41) is 25.5. The molecule has 0 spiro atoms. The maximum absolute atomic E-state index is 12.3. The van der Waals surface area contributed by atoms with Crippen LogP contribution in [0.1, 0.15) is 16.7 Å². The Morgan fingerprint density at radius 2 is 1.35 bits per heavy atom. The summed E-state index contributed by atoms with van der Waals surface area (Å²) in [4.78, 5) is 26.3. The van der Waals surface area contributed by atoms with E-state index in [1.807, 2.05) is 62.4 Å².